The predicted molar refractivity (Wildman–Crippen MR) is 52.0 cm³/mol. The first-order valence-corrected chi connectivity index (χ1v) is 4.90. The molecule has 0 spiro atoms. The van der Waals surface area contributed by atoms with E-state index in [0.717, 1.165) is 12.1 Å². The maximum atomic E-state index is 13.3. The molecule has 0 aliphatic heterocycles. The van der Waals surface area contributed by atoms with Crippen molar-refractivity contribution in [2.45, 2.75) is 19.5 Å². The average Bonchev–Trinajstić information content (AvgIpc) is 2.24. The van der Waals surface area contributed by atoms with Crippen LogP contribution in [0.3, 0.4) is 0 Å². The highest BCUT2D eigenvalue weighted by Gasteiger charge is 2.37. The van der Waals surface area contributed by atoms with Crippen LogP contribution in [0.15, 0.2) is 18.2 Å². The Kier molecular flexibility index (Phi) is 4.09. The lowest BCUT2D eigenvalue weighted by molar-refractivity contribution is -0.138. The molecule has 0 radical (unpaired) electrons. The van der Waals surface area contributed by atoms with Crippen LogP contribution in [-0.2, 0) is 10.9 Å². The monoisotopic (exact) mass is 250 g/mol. The Morgan fingerprint density at radius 1 is 1.35 bits per heavy atom. The second kappa shape index (κ2) is 5.16. The SMILES string of the molecule is CCCOC(=O)c1c(F)cccc1C(F)(F)F. The smallest absolute Gasteiger partial charge is 0.417 e. The van der Waals surface area contributed by atoms with E-state index in [0.29, 0.717) is 12.5 Å². The predicted octanol–water partition coefficient (Wildman–Crippen LogP) is 3.41. The van der Waals surface area contributed by atoms with E-state index < -0.39 is 29.1 Å². The van der Waals surface area contributed by atoms with Gasteiger partial charge in [-0.1, -0.05) is 13.0 Å². The zero-order chi connectivity index (χ0) is 13.1. The number of carbonyl (C=O) groups is 1. The highest BCUT2D eigenvalue weighted by atomic mass is 19.4. The normalized spacial score (nSPS) is 11.4. The fourth-order valence-corrected chi connectivity index (χ4v) is 1.23. The van der Waals surface area contributed by atoms with Gasteiger partial charge in [-0.25, -0.2) is 9.18 Å². The van der Waals surface area contributed by atoms with Crippen LogP contribution >= 0.6 is 0 Å². The van der Waals surface area contributed by atoms with Crippen molar-refractivity contribution in [3.63, 3.8) is 0 Å². The molecular formula is C11H10F4O2. The van der Waals surface area contributed by atoms with Crippen molar-refractivity contribution < 1.29 is 27.1 Å². The number of ether oxygens (including phenoxy) is 1. The van der Waals surface area contributed by atoms with Crippen molar-refractivity contribution in [3.8, 4) is 0 Å². The molecule has 0 fully saturated rings. The number of carbonyl (C=O) groups excluding carboxylic acids is 1. The molecule has 17 heavy (non-hydrogen) atoms. The van der Waals surface area contributed by atoms with E-state index in [1.165, 1.54) is 0 Å². The molecule has 94 valence electrons. The lowest BCUT2D eigenvalue weighted by atomic mass is 10.1. The topological polar surface area (TPSA) is 26.3 Å². The summed E-state index contributed by atoms with van der Waals surface area (Å²) in [5.41, 5.74) is -2.38. The summed E-state index contributed by atoms with van der Waals surface area (Å²) < 4.78 is 55.4. The number of rotatable bonds is 3. The Hall–Kier alpha value is -1.59. The van der Waals surface area contributed by atoms with Gasteiger partial charge in [-0.15, -0.1) is 0 Å². The first-order chi connectivity index (χ1) is 7.88. The molecule has 0 saturated heterocycles. The number of hydrogen-bond donors (Lipinski definition) is 0. The summed E-state index contributed by atoms with van der Waals surface area (Å²) in [7, 11) is 0. The van der Waals surface area contributed by atoms with Gasteiger partial charge >= 0.3 is 12.1 Å². The number of benzene rings is 1. The van der Waals surface area contributed by atoms with Gasteiger partial charge < -0.3 is 4.74 Å². The Morgan fingerprint density at radius 2 is 2.00 bits per heavy atom. The molecule has 1 rings (SSSR count). The summed E-state index contributed by atoms with van der Waals surface area (Å²) in [5.74, 6) is -2.53. The third-order valence-corrected chi connectivity index (χ3v) is 1.96. The Bertz CT molecular complexity index is 412. The van der Waals surface area contributed by atoms with Gasteiger partial charge in [-0.05, 0) is 18.6 Å². The Balaban J connectivity index is 3.17. The summed E-state index contributed by atoms with van der Waals surface area (Å²) in [6.07, 6.45) is -4.34. The van der Waals surface area contributed by atoms with Crippen LogP contribution < -0.4 is 0 Å². The van der Waals surface area contributed by atoms with Gasteiger partial charge in [0.2, 0.25) is 0 Å². The Labute approximate surface area is 95.2 Å². The third-order valence-electron chi connectivity index (χ3n) is 1.96. The molecule has 0 amide bonds. The zero-order valence-corrected chi connectivity index (χ0v) is 8.97. The van der Waals surface area contributed by atoms with E-state index in [9.17, 15) is 22.4 Å². The van der Waals surface area contributed by atoms with Gasteiger partial charge in [0.15, 0.2) is 0 Å². The maximum absolute atomic E-state index is 13.3. The first kappa shape index (κ1) is 13.5. The molecule has 2 nitrogen and oxygen atoms in total. The second-order valence-corrected chi connectivity index (χ2v) is 3.30. The molecule has 0 atom stereocenters. The highest BCUT2D eigenvalue weighted by molar-refractivity contribution is 5.91. The summed E-state index contributed by atoms with van der Waals surface area (Å²) in [6.45, 7) is 1.63. The van der Waals surface area contributed by atoms with Crippen LogP contribution in [0.1, 0.15) is 29.3 Å². The van der Waals surface area contributed by atoms with Gasteiger partial charge in [-0.3, -0.25) is 0 Å². The van der Waals surface area contributed by atoms with Crippen molar-refractivity contribution in [2.24, 2.45) is 0 Å². The fraction of sp³-hybridized carbons (Fsp3) is 0.364. The molecule has 0 aliphatic rings. The van der Waals surface area contributed by atoms with Gasteiger partial charge in [0.05, 0.1) is 12.2 Å². The molecular weight excluding hydrogens is 240 g/mol. The van der Waals surface area contributed by atoms with E-state index in [2.05, 4.69) is 4.74 Å². The summed E-state index contributed by atoms with van der Waals surface area (Å²) in [4.78, 5) is 11.3. The summed E-state index contributed by atoms with van der Waals surface area (Å²) in [5, 5.41) is 0. The van der Waals surface area contributed by atoms with Crippen molar-refractivity contribution in [1.82, 2.24) is 0 Å². The van der Waals surface area contributed by atoms with Crippen LogP contribution in [0.4, 0.5) is 17.6 Å². The van der Waals surface area contributed by atoms with Crippen LogP contribution in [0.2, 0.25) is 0 Å². The summed E-state index contributed by atoms with van der Waals surface area (Å²) in [6, 6.07) is 2.33. The van der Waals surface area contributed by atoms with Gasteiger partial charge in [0.25, 0.3) is 0 Å². The molecule has 0 N–H and O–H groups in total. The number of alkyl halides is 3. The van der Waals surface area contributed by atoms with E-state index in [-0.39, 0.29) is 6.61 Å². The highest BCUT2D eigenvalue weighted by Crippen LogP contribution is 2.33. The van der Waals surface area contributed by atoms with E-state index in [1.54, 1.807) is 6.92 Å². The minimum atomic E-state index is -4.79. The quantitative estimate of drug-likeness (QED) is 0.607. The van der Waals surface area contributed by atoms with E-state index >= 15 is 0 Å². The zero-order valence-electron chi connectivity index (χ0n) is 8.97. The van der Waals surface area contributed by atoms with Crippen molar-refractivity contribution in [1.29, 1.82) is 0 Å². The van der Waals surface area contributed by atoms with Crippen LogP contribution in [-0.4, -0.2) is 12.6 Å². The molecule has 1 aromatic rings. The maximum Gasteiger partial charge on any atom is 0.417 e. The number of halogens is 4. The Morgan fingerprint density at radius 3 is 2.53 bits per heavy atom. The summed E-state index contributed by atoms with van der Waals surface area (Å²) >= 11 is 0. The molecule has 0 unspecified atom stereocenters. The molecule has 0 bridgehead atoms. The van der Waals surface area contributed by atoms with Gasteiger partial charge in [-0.2, -0.15) is 13.2 Å². The van der Waals surface area contributed by atoms with Gasteiger partial charge in [0, 0.05) is 0 Å². The minimum absolute atomic E-state index is 0.0511. The number of esters is 1. The van der Waals surface area contributed by atoms with Crippen LogP contribution in [0, 0.1) is 5.82 Å². The van der Waals surface area contributed by atoms with Crippen LogP contribution in [0.25, 0.3) is 0 Å². The molecule has 1 aromatic carbocycles. The lowest BCUT2D eigenvalue weighted by Crippen LogP contribution is -2.17. The van der Waals surface area contributed by atoms with Crippen molar-refractivity contribution in [3.05, 3.63) is 35.1 Å². The molecule has 0 saturated carbocycles. The lowest BCUT2D eigenvalue weighted by Gasteiger charge is -2.12. The molecule has 6 heteroatoms. The molecule has 0 heterocycles. The molecule has 0 aliphatic carbocycles. The van der Waals surface area contributed by atoms with E-state index in [4.69, 9.17) is 0 Å². The average molecular weight is 250 g/mol. The van der Waals surface area contributed by atoms with Crippen molar-refractivity contribution in [2.75, 3.05) is 6.61 Å². The van der Waals surface area contributed by atoms with Gasteiger partial charge in [0.1, 0.15) is 11.4 Å². The van der Waals surface area contributed by atoms with E-state index in [1.807, 2.05) is 0 Å². The number of hydrogen-bond acceptors (Lipinski definition) is 2. The molecule has 0 aromatic heterocycles. The van der Waals surface area contributed by atoms with Crippen molar-refractivity contribution >= 4 is 5.97 Å². The standard InChI is InChI=1S/C11H10F4O2/c1-2-6-17-10(16)9-7(11(13,14)15)4-3-5-8(9)12/h3-5H,2,6H2,1H3. The largest absolute Gasteiger partial charge is 0.462 e. The second-order valence-electron chi connectivity index (χ2n) is 3.30. The minimum Gasteiger partial charge on any atom is -0.462 e. The fourth-order valence-electron chi connectivity index (χ4n) is 1.23. The van der Waals surface area contributed by atoms with Crippen LogP contribution in [0.5, 0.6) is 0 Å². The third kappa shape index (κ3) is 3.18. The first-order valence-electron chi connectivity index (χ1n) is 4.90.